The number of hydrogen-bond acceptors (Lipinski definition) is 13. The van der Waals surface area contributed by atoms with Crippen molar-refractivity contribution in [1.82, 2.24) is 0 Å². The molecule has 0 fully saturated rings. The molecule has 0 radical (unpaired) electrons. The van der Waals surface area contributed by atoms with E-state index in [-0.39, 0.29) is 52.5 Å². The van der Waals surface area contributed by atoms with Gasteiger partial charge >= 0.3 is 17.6 Å². The lowest BCUT2D eigenvalue weighted by molar-refractivity contribution is -0.393. The highest BCUT2D eigenvalue weighted by atomic mass is 79.9. The predicted molar refractivity (Wildman–Crippen MR) is 140 cm³/mol. The molecule has 0 spiro atoms. The van der Waals surface area contributed by atoms with Crippen LogP contribution in [0.25, 0.3) is 0 Å². The standard InChI is InChI=1S/C22H23BrN6O10/c1-5-19(30)24-14-8-16(27(10-20(31)38-3)11-21(32)39-4)18(37-2)9-15(14)25-26-22-13(23)6-12(28(33)34)7-17(22)29(35)36/h6-9H,5,10-11H2,1-4H3,(H,24,30)/b26-25+. The first kappa shape index (κ1) is 30.6. The minimum atomic E-state index is -0.854. The minimum Gasteiger partial charge on any atom is -0.494 e. The van der Waals surface area contributed by atoms with Crippen molar-refractivity contribution in [3.63, 3.8) is 0 Å². The van der Waals surface area contributed by atoms with Crippen molar-refractivity contribution in [2.45, 2.75) is 13.3 Å². The minimum absolute atomic E-state index is 0.0203. The van der Waals surface area contributed by atoms with Crippen LogP contribution in [0.3, 0.4) is 0 Å². The highest BCUT2D eigenvalue weighted by molar-refractivity contribution is 9.10. The van der Waals surface area contributed by atoms with Gasteiger partial charge in [-0.15, -0.1) is 10.2 Å². The summed E-state index contributed by atoms with van der Waals surface area (Å²) >= 11 is 3.05. The third-order valence-corrected chi connectivity index (χ3v) is 5.63. The van der Waals surface area contributed by atoms with Crippen molar-refractivity contribution in [2.24, 2.45) is 10.2 Å². The number of ether oxygens (including phenoxy) is 3. The van der Waals surface area contributed by atoms with E-state index >= 15 is 0 Å². The van der Waals surface area contributed by atoms with Gasteiger partial charge in [-0.1, -0.05) is 6.92 Å². The Labute approximate surface area is 229 Å². The van der Waals surface area contributed by atoms with E-state index in [1.165, 1.54) is 38.4 Å². The molecule has 0 bridgehead atoms. The van der Waals surface area contributed by atoms with E-state index in [1.807, 2.05) is 0 Å². The summed E-state index contributed by atoms with van der Waals surface area (Å²) < 4.78 is 14.7. The molecule has 0 saturated carbocycles. The lowest BCUT2D eigenvalue weighted by Gasteiger charge is -2.25. The lowest BCUT2D eigenvalue weighted by atomic mass is 10.2. The zero-order valence-electron chi connectivity index (χ0n) is 21.1. The second kappa shape index (κ2) is 13.8. The average molecular weight is 611 g/mol. The summed E-state index contributed by atoms with van der Waals surface area (Å²) in [6.07, 6.45) is 0.0748. The first-order valence-electron chi connectivity index (χ1n) is 10.9. The summed E-state index contributed by atoms with van der Waals surface area (Å²) in [5.74, 6) is -1.71. The van der Waals surface area contributed by atoms with Gasteiger partial charge in [-0.25, -0.2) is 0 Å². The number of carbonyl (C=O) groups is 3. The first-order chi connectivity index (χ1) is 18.4. The number of carbonyl (C=O) groups excluding carboxylic acids is 3. The molecule has 1 N–H and O–H groups in total. The van der Waals surface area contributed by atoms with E-state index in [0.29, 0.717) is 0 Å². The number of rotatable bonds is 12. The Kier molecular flexibility index (Phi) is 10.8. The second-order valence-electron chi connectivity index (χ2n) is 7.46. The van der Waals surface area contributed by atoms with Crippen molar-refractivity contribution < 1.29 is 38.4 Å². The number of nitro benzene ring substituents is 2. The number of non-ortho nitro benzene ring substituents is 1. The number of halogens is 1. The third-order valence-electron chi connectivity index (χ3n) is 5.02. The van der Waals surface area contributed by atoms with Crippen molar-refractivity contribution in [3.8, 4) is 5.75 Å². The van der Waals surface area contributed by atoms with E-state index in [1.54, 1.807) is 6.92 Å². The molecule has 16 nitrogen and oxygen atoms in total. The van der Waals surface area contributed by atoms with Gasteiger partial charge in [0.1, 0.15) is 24.5 Å². The number of nitrogens with one attached hydrogen (secondary N) is 1. The molecule has 39 heavy (non-hydrogen) atoms. The lowest BCUT2D eigenvalue weighted by Crippen LogP contribution is -2.36. The zero-order chi connectivity index (χ0) is 29.3. The number of benzene rings is 2. The summed E-state index contributed by atoms with van der Waals surface area (Å²) in [5, 5.41) is 33.2. The number of anilines is 2. The molecule has 17 heteroatoms. The number of nitro groups is 2. The first-order valence-corrected chi connectivity index (χ1v) is 11.7. The molecule has 0 atom stereocenters. The van der Waals surface area contributed by atoms with Gasteiger partial charge in [0.15, 0.2) is 5.69 Å². The van der Waals surface area contributed by atoms with Crippen LogP contribution in [-0.2, 0) is 23.9 Å². The Morgan fingerprint density at radius 1 is 0.974 bits per heavy atom. The van der Waals surface area contributed by atoms with Gasteiger partial charge in [0, 0.05) is 18.6 Å². The monoisotopic (exact) mass is 610 g/mol. The van der Waals surface area contributed by atoms with Crippen LogP contribution >= 0.6 is 15.9 Å². The number of hydrogen-bond donors (Lipinski definition) is 1. The van der Waals surface area contributed by atoms with Crippen molar-refractivity contribution in [3.05, 3.63) is 49.0 Å². The number of azo groups is 1. The van der Waals surface area contributed by atoms with E-state index < -0.39 is 39.1 Å². The van der Waals surface area contributed by atoms with Gasteiger partial charge in [-0.3, -0.25) is 34.6 Å². The maximum Gasteiger partial charge on any atom is 0.325 e. The van der Waals surface area contributed by atoms with E-state index in [2.05, 4.69) is 31.5 Å². The summed E-state index contributed by atoms with van der Waals surface area (Å²) in [6.45, 7) is 0.830. The predicted octanol–water partition coefficient (Wildman–Crippen LogP) is 4.19. The molecule has 2 aromatic rings. The molecule has 0 aliphatic heterocycles. The van der Waals surface area contributed by atoms with Crippen LogP contribution in [-0.4, -0.2) is 62.1 Å². The summed E-state index contributed by atoms with van der Waals surface area (Å²) in [6, 6.07) is 4.45. The highest BCUT2D eigenvalue weighted by Gasteiger charge is 2.25. The molecule has 1 amide bonds. The Morgan fingerprint density at radius 2 is 1.59 bits per heavy atom. The molecule has 0 aliphatic rings. The molecule has 0 saturated heterocycles. The smallest absolute Gasteiger partial charge is 0.325 e. The van der Waals surface area contributed by atoms with Crippen molar-refractivity contribution >= 4 is 67.9 Å². The normalized spacial score (nSPS) is 10.6. The van der Waals surface area contributed by atoms with E-state index in [0.717, 1.165) is 12.1 Å². The Balaban J connectivity index is 2.73. The molecule has 0 aromatic heterocycles. The van der Waals surface area contributed by atoms with Gasteiger partial charge in [0.25, 0.3) is 5.69 Å². The van der Waals surface area contributed by atoms with Gasteiger partial charge in [0.05, 0.1) is 53.1 Å². The molecular weight excluding hydrogens is 588 g/mol. The quantitative estimate of drug-likeness (QED) is 0.156. The van der Waals surface area contributed by atoms with Crippen LogP contribution in [0.4, 0.5) is 34.1 Å². The van der Waals surface area contributed by atoms with Gasteiger partial charge in [-0.05, 0) is 22.0 Å². The Morgan fingerprint density at radius 3 is 2.08 bits per heavy atom. The van der Waals surface area contributed by atoms with Crippen LogP contribution in [0, 0.1) is 20.2 Å². The topological polar surface area (TPSA) is 205 Å². The molecule has 208 valence electrons. The van der Waals surface area contributed by atoms with Crippen LogP contribution in [0.1, 0.15) is 13.3 Å². The van der Waals surface area contributed by atoms with Crippen LogP contribution in [0.5, 0.6) is 5.75 Å². The number of amides is 1. The third kappa shape index (κ3) is 7.91. The molecule has 0 aliphatic carbocycles. The summed E-state index contributed by atoms with van der Waals surface area (Å²) in [5.41, 5.74) is -1.33. The van der Waals surface area contributed by atoms with Crippen LogP contribution in [0.2, 0.25) is 0 Å². The van der Waals surface area contributed by atoms with Crippen molar-refractivity contribution in [2.75, 3.05) is 44.6 Å². The average Bonchev–Trinajstić information content (AvgIpc) is 2.91. The molecule has 0 heterocycles. The molecule has 0 unspecified atom stereocenters. The Hall–Kier alpha value is -4.67. The Bertz CT molecular complexity index is 1310. The number of esters is 2. The second-order valence-corrected chi connectivity index (χ2v) is 8.32. The van der Waals surface area contributed by atoms with E-state index in [9.17, 15) is 34.6 Å². The van der Waals surface area contributed by atoms with Crippen LogP contribution < -0.4 is 15.0 Å². The zero-order valence-corrected chi connectivity index (χ0v) is 22.7. The van der Waals surface area contributed by atoms with Gasteiger partial charge in [-0.2, -0.15) is 0 Å². The fourth-order valence-corrected chi connectivity index (χ4v) is 3.59. The van der Waals surface area contributed by atoms with E-state index in [4.69, 9.17) is 14.2 Å². The summed E-state index contributed by atoms with van der Waals surface area (Å²) in [7, 11) is 3.64. The molecular formula is C22H23BrN6O10. The SMILES string of the molecule is CCC(=O)Nc1cc(N(CC(=O)OC)CC(=O)OC)c(OC)cc1/N=N/c1c(Br)cc([N+](=O)[O-])cc1[N+](=O)[O-]. The van der Waals surface area contributed by atoms with Gasteiger partial charge < -0.3 is 24.4 Å². The molecule has 2 aromatic carbocycles. The number of methoxy groups -OCH3 is 3. The maximum absolute atomic E-state index is 12.3. The summed E-state index contributed by atoms with van der Waals surface area (Å²) in [4.78, 5) is 58.6. The number of nitrogens with zero attached hydrogens (tertiary/aromatic N) is 5. The fourth-order valence-electron chi connectivity index (χ4n) is 3.07. The van der Waals surface area contributed by atoms with Crippen molar-refractivity contribution in [1.29, 1.82) is 0 Å². The largest absolute Gasteiger partial charge is 0.494 e. The maximum atomic E-state index is 12.3. The van der Waals surface area contributed by atoms with Gasteiger partial charge in [0.2, 0.25) is 5.91 Å². The fraction of sp³-hybridized carbons (Fsp3) is 0.318. The van der Waals surface area contributed by atoms with Crippen LogP contribution in [0.15, 0.2) is 39.0 Å². The highest BCUT2D eigenvalue weighted by Crippen LogP contribution is 2.43. The molecule has 2 rings (SSSR count).